The minimum atomic E-state index is -0.291. The third-order valence-electron chi connectivity index (χ3n) is 3.20. The van der Waals surface area contributed by atoms with Crippen molar-refractivity contribution in [2.75, 3.05) is 5.73 Å². The predicted octanol–water partition coefficient (Wildman–Crippen LogP) is 3.61. The largest absolute Gasteiger partial charge is 0.399 e. The molecule has 3 aromatic rings. The standard InChI is InChI=1S/C16H14FN3/c1-2-9-20-15-8-7-11(18)10-14(15)19-16(20)12-5-3-4-6-13(12)17/h2-8,10H,1,9,18H2. The lowest BCUT2D eigenvalue weighted by Crippen LogP contribution is -1.99. The summed E-state index contributed by atoms with van der Waals surface area (Å²) in [5, 5.41) is 0. The number of nitrogens with zero attached hydrogens (tertiary/aromatic N) is 2. The van der Waals surface area contributed by atoms with E-state index in [0.29, 0.717) is 23.6 Å². The van der Waals surface area contributed by atoms with E-state index in [0.717, 1.165) is 11.0 Å². The normalized spacial score (nSPS) is 10.8. The van der Waals surface area contributed by atoms with Gasteiger partial charge in [-0.05, 0) is 30.3 Å². The van der Waals surface area contributed by atoms with Crippen LogP contribution in [0, 0.1) is 5.82 Å². The van der Waals surface area contributed by atoms with Crippen LogP contribution in [0.15, 0.2) is 55.1 Å². The van der Waals surface area contributed by atoms with E-state index < -0.39 is 0 Å². The summed E-state index contributed by atoms with van der Waals surface area (Å²) < 4.78 is 15.9. The van der Waals surface area contributed by atoms with E-state index in [1.807, 2.05) is 16.7 Å². The fraction of sp³-hybridized carbons (Fsp3) is 0.0625. The Morgan fingerprint density at radius 1 is 1.25 bits per heavy atom. The summed E-state index contributed by atoms with van der Waals surface area (Å²) in [7, 11) is 0. The Hall–Kier alpha value is -2.62. The Bertz CT molecular complexity index is 790. The Morgan fingerprint density at radius 3 is 2.80 bits per heavy atom. The number of aromatic nitrogens is 2. The van der Waals surface area contributed by atoms with Crippen LogP contribution < -0.4 is 5.73 Å². The predicted molar refractivity (Wildman–Crippen MR) is 79.7 cm³/mol. The zero-order chi connectivity index (χ0) is 14.1. The average Bonchev–Trinajstić information content (AvgIpc) is 2.77. The molecule has 0 spiro atoms. The van der Waals surface area contributed by atoms with E-state index in [-0.39, 0.29) is 5.82 Å². The van der Waals surface area contributed by atoms with Gasteiger partial charge in [0, 0.05) is 12.2 Å². The van der Waals surface area contributed by atoms with Gasteiger partial charge in [0.25, 0.3) is 0 Å². The molecular weight excluding hydrogens is 253 g/mol. The summed E-state index contributed by atoms with van der Waals surface area (Å²) in [4.78, 5) is 4.52. The molecule has 0 saturated heterocycles. The lowest BCUT2D eigenvalue weighted by Gasteiger charge is -2.07. The number of halogens is 1. The van der Waals surface area contributed by atoms with Gasteiger partial charge >= 0.3 is 0 Å². The third-order valence-corrected chi connectivity index (χ3v) is 3.20. The first-order valence-corrected chi connectivity index (χ1v) is 6.32. The number of rotatable bonds is 3. The molecule has 0 amide bonds. The first kappa shape index (κ1) is 12.4. The second-order valence-corrected chi connectivity index (χ2v) is 4.56. The quantitative estimate of drug-likeness (QED) is 0.582. The van der Waals surface area contributed by atoms with Gasteiger partial charge in [0.1, 0.15) is 11.6 Å². The Balaban J connectivity index is 2.32. The van der Waals surface area contributed by atoms with Crippen LogP contribution in [0.4, 0.5) is 10.1 Å². The van der Waals surface area contributed by atoms with Crippen molar-refractivity contribution in [3.8, 4) is 11.4 Å². The van der Waals surface area contributed by atoms with Crippen LogP contribution in [-0.4, -0.2) is 9.55 Å². The van der Waals surface area contributed by atoms with Gasteiger partial charge in [0.2, 0.25) is 0 Å². The summed E-state index contributed by atoms with van der Waals surface area (Å²) in [5.41, 5.74) is 8.57. The molecule has 1 aromatic heterocycles. The highest BCUT2D eigenvalue weighted by molar-refractivity contribution is 5.83. The van der Waals surface area contributed by atoms with Crippen molar-refractivity contribution >= 4 is 16.7 Å². The lowest BCUT2D eigenvalue weighted by atomic mass is 10.2. The molecule has 0 aliphatic rings. The summed E-state index contributed by atoms with van der Waals surface area (Å²) in [5.74, 6) is 0.296. The summed E-state index contributed by atoms with van der Waals surface area (Å²) >= 11 is 0. The van der Waals surface area contributed by atoms with Crippen LogP contribution >= 0.6 is 0 Å². The molecule has 0 saturated carbocycles. The molecule has 2 aromatic carbocycles. The number of hydrogen-bond acceptors (Lipinski definition) is 2. The van der Waals surface area contributed by atoms with Gasteiger partial charge in [-0.3, -0.25) is 0 Å². The van der Waals surface area contributed by atoms with Crippen LogP contribution in [0.25, 0.3) is 22.4 Å². The Labute approximate surface area is 116 Å². The van der Waals surface area contributed by atoms with E-state index in [1.54, 1.807) is 30.3 Å². The molecule has 3 rings (SSSR count). The molecule has 100 valence electrons. The van der Waals surface area contributed by atoms with Crippen molar-refractivity contribution in [1.29, 1.82) is 0 Å². The fourth-order valence-electron chi connectivity index (χ4n) is 2.31. The van der Waals surface area contributed by atoms with E-state index in [9.17, 15) is 4.39 Å². The van der Waals surface area contributed by atoms with Gasteiger partial charge in [-0.25, -0.2) is 9.37 Å². The maximum absolute atomic E-state index is 14.0. The Morgan fingerprint density at radius 2 is 2.05 bits per heavy atom. The molecule has 0 atom stereocenters. The van der Waals surface area contributed by atoms with Crippen molar-refractivity contribution in [2.45, 2.75) is 6.54 Å². The smallest absolute Gasteiger partial charge is 0.144 e. The van der Waals surface area contributed by atoms with Gasteiger partial charge in [-0.2, -0.15) is 0 Å². The number of nitrogen functional groups attached to an aromatic ring is 1. The lowest BCUT2D eigenvalue weighted by molar-refractivity contribution is 0.628. The highest BCUT2D eigenvalue weighted by atomic mass is 19.1. The summed E-state index contributed by atoms with van der Waals surface area (Å²) in [6.45, 7) is 4.31. The maximum atomic E-state index is 14.0. The number of allylic oxidation sites excluding steroid dienone is 1. The van der Waals surface area contributed by atoms with Gasteiger partial charge < -0.3 is 10.3 Å². The molecule has 0 bridgehead atoms. The van der Waals surface area contributed by atoms with Gasteiger partial charge in [-0.15, -0.1) is 6.58 Å². The third kappa shape index (κ3) is 1.95. The van der Waals surface area contributed by atoms with Crippen molar-refractivity contribution in [3.63, 3.8) is 0 Å². The van der Waals surface area contributed by atoms with Crippen LogP contribution in [0.1, 0.15) is 0 Å². The van der Waals surface area contributed by atoms with Crippen molar-refractivity contribution < 1.29 is 4.39 Å². The molecular formula is C16H14FN3. The summed E-state index contributed by atoms with van der Waals surface area (Å²) in [6, 6.07) is 12.1. The zero-order valence-corrected chi connectivity index (χ0v) is 10.9. The number of nitrogens with two attached hydrogens (primary N) is 1. The van der Waals surface area contributed by atoms with Gasteiger partial charge in [0.05, 0.1) is 16.6 Å². The topological polar surface area (TPSA) is 43.8 Å². The van der Waals surface area contributed by atoms with Crippen LogP contribution in [0.5, 0.6) is 0 Å². The molecule has 4 heteroatoms. The minimum Gasteiger partial charge on any atom is -0.399 e. The molecule has 0 fully saturated rings. The van der Waals surface area contributed by atoms with E-state index in [4.69, 9.17) is 5.73 Å². The van der Waals surface area contributed by atoms with Crippen molar-refractivity contribution in [3.05, 3.63) is 60.9 Å². The average molecular weight is 267 g/mol. The molecule has 0 aliphatic carbocycles. The van der Waals surface area contributed by atoms with Crippen LogP contribution in [0.3, 0.4) is 0 Å². The second kappa shape index (κ2) is 4.81. The number of hydrogen-bond donors (Lipinski definition) is 1. The van der Waals surface area contributed by atoms with Crippen molar-refractivity contribution in [2.24, 2.45) is 0 Å². The monoisotopic (exact) mass is 267 g/mol. The van der Waals surface area contributed by atoms with E-state index in [1.165, 1.54) is 6.07 Å². The zero-order valence-electron chi connectivity index (χ0n) is 10.9. The highest BCUT2D eigenvalue weighted by Crippen LogP contribution is 2.27. The summed E-state index contributed by atoms with van der Waals surface area (Å²) in [6.07, 6.45) is 1.77. The molecule has 0 aliphatic heterocycles. The highest BCUT2D eigenvalue weighted by Gasteiger charge is 2.14. The minimum absolute atomic E-state index is 0.291. The van der Waals surface area contributed by atoms with Gasteiger partial charge in [0.15, 0.2) is 0 Å². The van der Waals surface area contributed by atoms with E-state index in [2.05, 4.69) is 11.6 Å². The molecule has 2 N–H and O–H groups in total. The molecule has 1 heterocycles. The molecule has 20 heavy (non-hydrogen) atoms. The fourth-order valence-corrected chi connectivity index (χ4v) is 2.31. The van der Waals surface area contributed by atoms with Crippen LogP contribution in [0.2, 0.25) is 0 Å². The molecule has 0 unspecified atom stereocenters. The number of imidazole rings is 1. The SMILES string of the molecule is C=CCn1c(-c2ccccc2F)nc2cc(N)ccc21. The first-order chi connectivity index (χ1) is 9.70. The number of benzene rings is 2. The maximum Gasteiger partial charge on any atom is 0.144 e. The second-order valence-electron chi connectivity index (χ2n) is 4.56. The van der Waals surface area contributed by atoms with Crippen molar-refractivity contribution in [1.82, 2.24) is 9.55 Å². The molecule has 0 radical (unpaired) electrons. The van der Waals surface area contributed by atoms with E-state index >= 15 is 0 Å². The van der Waals surface area contributed by atoms with Gasteiger partial charge in [-0.1, -0.05) is 18.2 Å². The van der Waals surface area contributed by atoms with Crippen LogP contribution in [-0.2, 0) is 6.54 Å². The number of anilines is 1. The first-order valence-electron chi connectivity index (χ1n) is 6.32. The number of fused-ring (bicyclic) bond motifs is 1. The Kier molecular flexibility index (Phi) is 2.99. The molecule has 3 nitrogen and oxygen atoms in total.